The van der Waals surface area contributed by atoms with Gasteiger partial charge in [-0.2, -0.15) is 96.7 Å². The van der Waals surface area contributed by atoms with Crippen LogP contribution < -0.4 is 26.2 Å². The Hall–Kier alpha value is -9.23. The Balaban J connectivity index is 0.000000278. The predicted molar refractivity (Wildman–Crippen MR) is 385 cm³/mol. The number of anilines is 8. The molecule has 0 amide bonds. The summed E-state index contributed by atoms with van der Waals surface area (Å²) in [6.07, 6.45) is -1.59. The molecule has 105 heavy (non-hydrogen) atoms. The molecule has 8 aromatic rings. The number of ether oxygens (including phenoxy) is 2. The van der Waals surface area contributed by atoms with Crippen LogP contribution in [0.2, 0.25) is 0 Å². The van der Waals surface area contributed by atoms with Crippen molar-refractivity contribution in [1.82, 2.24) is 74.8 Å². The van der Waals surface area contributed by atoms with Gasteiger partial charge in [0.2, 0.25) is 29.7 Å². The molecule has 8 rings (SSSR count). The first-order valence-corrected chi connectivity index (χ1v) is 41.1. The minimum atomic E-state index is -3.31. The summed E-state index contributed by atoms with van der Waals surface area (Å²) >= 11 is 0. The molecule has 0 unspecified atom stereocenters. The molecule has 0 aliphatic carbocycles. The normalized spacial score (nSPS) is 11.4. The molecular formula is C63H85F5N20O12S5. The van der Waals surface area contributed by atoms with Gasteiger partial charge in [-0.25, -0.2) is 42.1 Å². The van der Waals surface area contributed by atoms with Crippen molar-refractivity contribution in [3.8, 4) is 0 Å². The first kappa shape index (κ1) is 88.2. The van der Waals surface area contributed by atoms with E-state index in [2.05, 4.69) is 103 Å². The van der Waals surface area contributed by atoms with Crippen LogP contribution in [0, 0.1) is 65.0 Å². The lowest BCUT2D eigenvalue weighted by atomic mass is 10.3. The number of hydrogen-bond acceptors (Lipinski definition) is 32. The Kier molecular flexibility index (Phi) is 36.9. The Morgan fingerprint density at radius 3 is 1.27 bits per heavy atom. The molecule has 0 saturated carbocycles. The maximum atomic E-state index is 13.5. The van der Waals surface area contributed by atoms with E-state index in [1.165, 1.54) is 31.2 Å². The third-order valence-electron chi connectivity index (χ3n) is 13.0. The van der Waals surface area contributed by atoms with Crippen molar-refractivity contribution in [3.05, 3.63) is 150 Å². The van der Waals surface area contributed by atoms with Crippen LogP contribution in [-0.2, 0) is 58.7 Å². The maximum Gasteiger partial charge on any atom is 0.313 e. The molecular weight excluding hydrogens is 1480 g/mol. The van der Waals surface area contributed by atoms with Crippen molar-refractivity contribution in [3.63, 3.8) is 0 Å². The van der Waals surface area contributed by atoms with Gasteiger partial charge in [0.25, 0.3) is 0 Å². The highest BCUT2D eigenvalue weighted by Gasteiger charge is 2.19. The lowest BCUT2D eigenvalue weighted by Crippen LogP contribution is -2.24. The van der Waals surface area contributed by atoms with E-state index in [0.29, 0.717) is 63.1 Å². The largest absolute Gasteiger partial charge is 0.379 e. The highest BCUT2D eigenvalue weighted by Crippen LogP contribution is 2.24. The van der Waals surface area contributed by atoms with Crippen LogP contribution in [0.15, 0.2) is 101 Å². The second-order valence-corrected chi connectivity index (χ2v) is 32.9. The van der Waals surface area contributed by atoms with E-state index in [0.717, 1.165) is 11.1 Å². The van der Waals surface area contributed by atoms with Crippen LogP contribution in [0.3, 0.4) is 0 Å². The lowest BCUT2D eigenvalue weighted by molar-refractivity contribution is 0.159. The summed E-state index contributed by atoms with van der Waals surface area (Å²) in [4.78, 5) is 56.9. The van der Waals surface area contributed by atoms with Crippen molar-refractivity contribution in [2.45, 2.75) is 104 Å². The zero-order chi connectivity index (χ0) is 77.8. The zero-order valence-corrected chi connectivity index (χ0v) is 63.3. The molecule has 4 N–H and O–H groups in total. The maximum absolute atomic E-state index is 13.5. The summed E-state index contributed by atoms with van der Waals surface area (Å²) in [5, 5.41) is 12.0. The number of halogens is 5. The van der Waals surface area contributed by atoms with Crippen LogP contribution in [-0.4, -0.2) is 203 Å². The van der Waals surface area contributed by atoms with Crippen LogP contribution in [0.4, 0.5) is 68.8 Å². The zero-order valence-electron chi connectivity index (χ0n) is 59.2. The van der Waals surface area contributed by atoms with Gasteiger partial charge in [0.05, 0.1) is 65.0 Å². The van der Waals surface area contributed by atoms with Gasteiger partial charge in [-0.05, 0) is 121 Å². The summed E-state index contributed by atoms with van der Waals surface area (Å²) in [5.74, 6) is 2.39. The predicted octanol–water partition coefficient (Wildman–Crippen LogP) is 8.04. The average molecular weight is 1570 g/mol. The number of rotatable bonds is 35. The number of nitrogens with one attached hydrogen (secondary N) is 4. The number of para-hydroxylation sites is 1. The fraction of sp³-hybridized carbons (Fsp3) is 0.444. The summed E-state index contributed by atoms with van der Waals surface area (Å²) in [7, 11) is -15.9. The fourth-order valence-corrected chi connectivity index (χ4v) is 14.3. The molecule has 3 aromatic carbocycles. The van der Waals surface area contributed by atoms with Crippen molar-refractivity contribution >= 4 is 96.0 Å². The number of aromatic nitrogens is 15. The number of benzene rings is 3. The number of sulfone groups is 5. The van der Waals surface area contributed by atoms with Crippen LogP contribution in [0.1, 0.15) is 88.9 Å². The van der Waals surface area contributed by atoms with Crippen molar-refractivity contribution in [2.24, 2.45) is 0 Å². The van der Waals surface area contributed by atoms with Crippen LogP contribution in [0.5, 0.6) is 0 Å². The monoisotopic (exact) mass is 1570 g/mol. The van der Waals surface area contributed by atoms with E-state index < -0.39 is 79.6 Å². The van der Waals surface area contributed by atoms with E-state index in [1.807, 2.05) is 51.1 Å². The molecule has 0 radical (unpaired) electrons. The Labute approximate surface area is 608 Å². The van der Waals surface area contributed by atoms with Gasteiger partial charge < -0.3 is 35.6 Å². The van der Waals surface area contributed by atoms with Crippen molar-refractivity contribution < 1.29 is 73.5 Å². The van der Waals surface area contributed by atoms with Gasteiger partial charge >= 0.3 is 30.4 Å². The number of aryl methyl sites for hydroxylation is 5. The summed E-state index contributed by atoms with van der Waals surface area (Å²) < 4.78 is 192. The second-order valence-electron chi connectivity index (χ2n) is 22.0. The number of nitrogens with zero attached hydrogens (tertiary/aromatic N) is 16. The van der Waals surface area contributed by atoms with E-state index in [-0.39, 0.29) is 135 Å². The van der Waals surface area contributed by atoms with E-state index >= 15 is 0 Å². The minimum Gasteiger partial charge on any atom is -0.379 e. The van der Waals surface area contributed by atoms with Gasteiger partial charge in [-0.15, -0.1) is 0 Å². The standard InChI is InChI=1S/C16H21FN4O2S.2C13H15FN4O2S.C11H19FN4O3S.C10H15FN4O3S/c1-3-11-24(22,23)12-7-10-21(14-8-5-4-6-9-14)16-19-13(2)18-15(17)20-16;1-3-8-21(19,20)11-6-4-10(5-7-11)17-13-16-9(2)15-12(14)18-13;1-3-7-21(19,20)11-6-4-5-10(8-11)17-13-16-9(2)15-12(14)18-13;1-3-7-20(17,18)8-6-19-5-4-13-11-15-9(2)14-10(12)16-11;1-3-19(16,17)7-6-18-5-4-12-10-14-8(2)13-9(11)15-10/h4-6,8-9H,3,7,10-12H2,1-2H3;4-7H,3,8H2,1-2H3,(H,15,16,17,18);4-6,8H,3,7H2,1-2H3,(H,15,16,17,18);3-8H2,1-2H3,(H,13,14,15,16);3H,1,4-7H2,2H3,(H,12,13,14,15). The Morgan fingerprint density at radius 1 is 0.410 bits per heavy atom. The smallest absolute Gasteiger partial charge is 0.313 e. The first-order valence-electron chi connectivity index (χ1n) is 32.4. The first-order chi connectivity index (χ1) is 49.6. The molecule has 0 atom stereocenters. The average Bonchev–Trinajstić information content (AvgIpc) is 0.842. The molecule has 574 valence electrons. The molecule has 0 bridgehead atoms. The molecule has 0 aliphatic heterocycles. The molecule has 0 spiro atoms. The fourth-order valence-electron chi connectivity index (χ4n) is 8.51. The molecule has 32 nitrogen and oxygen atoms in total. The third-order valence-corrected chi connectivity index (χ3v) is 21.9. The van der Waals surface area contributed by atoms with E-state index in [1.54, 1.807) is 63.8 Å². The molecule has 0 saturated heterocycles. The van der Waals surface area contributed by atoms with Crippen molar-refractivity contribution in [2.75, 3.05) is 112 Å². The van der Waals surface area contributed by atoms with Gasteiger partial charge in [-0.3, -0.25) is 0 Å². The molecule has 5 heterocycles. The topological polar surface area (TPSA) is 434 Å². The van der Waals surface area contributed by atoms with Crippen LogP contribution in [0.25, 0.3) is 0 Å². The number of hydrogen-bond donors (Lipinski definition) is 4. The quantitative estimate of drug-likeness (QED) is 0.0215. The molecule has 0 fully saturated rings. The van der Waals surface area contributed by atoms with Gasteiger partial charge in [0, 0.05) is 53.6 Å². The molecule has 42 heteroatoms. The molecule has 0 aliphatic rings. The van der Waals surface area contributed by atoms with E-state index in [4.69, 9.17) is 9.47 Å². The third kappa shape index (κ3) is 34.9. The Bertz CT molecular complexity index is 4560. The SMILES string of the molecule is C=CS(=O)(=O)CCOCCNc1nc(C)nc(F)n1.CCCS(=O)(=O)CCCN(c1ccccc1)c1nc(C)nc(F)n1.CCCS(=O)(=O)CCOCCNc1nc(C)nc(F)n1.CCCS(=O)(=O)c1ccc(Nc2nc(C)nc(F)n2)cc1.CCCS(=O)(=O)c1cccc(Nc2nc(C)nc(F)n2)c1. The highest BCUT2D eigenvalue weighted by molar-refractivity contribution is 7.94. The van der Waals surface area contributed by atoms with Gasteiger partial charge in [-0.1, -0.05) is 58.5 Å². The Morgan fingerprint density at radius 2 is 0.819 bits per heavy atom. The van der Waals surface area contributed by atoms with Gasteiger partial charge in [0.15, 0.2) is 39.3 Å². The lowest BCUT2D eigenvalue weighted by Gasteiger charge is -2.22. The summed E-state index contributed by atoms with van der Waals surface area (Å²) in [6, 6.07) is 21.7. The minimum absolute atomic E-state index is 0.0142. The van der Waals surface area contributed by atoms with Crippen molar-refractivity contribution in [1.29, 1.82) is 0 Å². The van der Waals surface area contributed by atoms with Crippen LogP contribution >= 0.6 is 0 Å². The summed E-state index contributed by atoms with van der Waals surface area (Å²) in [6.45, 7) is 20.1. The van der Waals surface area contributed by atoms with Gasteiger partial charge in [0.1, 0.15) is 39.0 Å². The summed E-state index contributed by atoms with van der Waals surface area (Å²) in [5.41, 5.74) is 1.81. The van der Waals surface area contributed by atoms with E-state index in [9.17, 15) is 64.0 Å². The second kappa shape index (κ2) is 43.9. The highest BCUT2D eigenvalue weighted by atomic mass is 32.2. The molecule has 5 aromatic heterocycles.